The van der Waals surface area contributed by atoms with Crippen molar-refractivity contribution in [1.29, 1.82) is 0 Å². The highest BCUT2D eigenvalue weighted by Crippen LogP contribution is 2.36. The number of carboxylic acid groups (broad SMARTS) is 1. The number of epoxide rings is 1. The minimum Gasteiger partial charge on any atom is -0.465 e. The van der Waals surface area contributed by atoms with E-state index in [4.69, 9.17) is 14.6 Å². The number of ether oxygens (including phenoxy) is 2. The Hall–Kier alpha value is -0.810. The van der Waals surface area contributed by atoms with Crippen molar-refractivity contribution in [1.82, 2.24) is 5.32 Å². The van der Waals surface area contributed by atoms with E-state index in [2.05, 4.69) is 46.9 Å². The molecule has 2 fully saturated rings. The number of carbonyl (C=O) groups is 1. The summed E-state index contributed by atoms with van der Waals surface area (Å²) in [6.07, 6.45) is 2.69. The second-order valence-corrected chi connectivity index (χ2v) is 7.45. The zero-order valence-corrected chi connectivity index (χ0v) is 13.5. The molecule has 118 valence electrons. The SMILES string of the molecule is CC(C)(C)OC(C)(C)C.O=C(O)NC1CCCC2OC12. The van der Waals surface area contributed by atoms with Crippen molar-refractivity contribution in [3.05, 3.63) is 0 Å². The third-order valence-corrected chi connectivity index (χ3v) is 2.94. The lowest BCUT2D eigenvalue weighted by molar-refractivity contribution is -0.102. The summed E-state index contributed by atoms with van der Waals surface area (Å²) in [7, 11) is 0. The number of hydrogen-bond acceptors (Lipinski definition) is 3. The van der Waals surface area contributed by atoms with Crippen LogP contribution in [0.3, 0.4) is 0 Å². The summed E-state index contributed by atoms with van der Waals surface area (Å²) in [6, 6.07) is 0.0475. The monoisotopic (exact) mass is 287 g/mol. The molecule has 5 heteroatoms. The predicted molar refractivity (Wildman–Crippen MR) is 78.1 cm³/mol. The van der Waals surface area contributed by atoms with Gasteiger partial charge in [-0.15, -0.1) is 0 Å². The summed E-state index contributed by atoms with van der Waals surface area (Å²) in [4.78, 5) is 10.3. The van der Waals surface area contributed by atoms with Gasteiger partial charge in [-0.1, -0.05) is 0 Å². The molecule has 0 aromatic rings. The molecule has 2 rings (SSSR count). The van der Waals surface area contributed by atoms with E-state index in [1.54, 1.807) is 0 Å². The van der Waals surface area contributed by atoms with Crippen LogP contribution in [0.5, 0.6) is 0 Å². The fourth-order valence-corrected chi connectivity index (χ4v) is 2.68. The summed E-state index contributed by atoms with van der Waals surface area (Å²) in [5, 5.41) is 10.9. The normalized spacial score (nSPS) is 28.8. The van der Waals surface area contributed by atoms with E-state index in [0.717, 1.165) is 19.3 Å². The van der Waals surface area contributed by atoms with Crippen LogP contribution in [0, 0.1) is 0 Å². The van der Waals surface area contributed by atoms with Crippen LogP contribution in [0.1, 0.15) is 60.8 Å². The standard InChI is InChI=1S/C8H18O.C7H11NO3/c1-7(2,3)9-8(4,5)6;9-7(10)8-4-2-1-3-5-6(4)11-5/h1-6H3;4-6,8H,1-3H2,(H,9,10). The van der Waals surface area contributed by atoms with Crippen LogP contribution in [-0.4, -0.2) is 40.7 Å². The van der Waals surface area contributed by atoms with Gasteiger partial charge in [-0.3, -0.25) is 0 Å². The number of rotatable bonds is 1. The Bertz CT molecular complexity index is 318. The molecule has 1 saturated heterocycles. The molecule has 1 amide bonds. The van der Waals surface area contributed by atoms with Crippen LogP contribution in [0.4, 0.5) is 4.79 Å². The topological polar surface area (TPSA) is 71.1 Å². The van der Waals surface area contributed by atoms with Gasteiger partial charge in [0.05, 0.1) is 23.3 Å². The first kappa shape index (κ1) is 17.2. The summed E-state index contributed by atoms with van der Waals surface area (Å²) < 4.78 is 10.9. The van der Waals surface area contributed by atoms with Crippen LogP contribution in [-0.2, 0) is 9.47 Å². The van der Waals surface area contributed by atoms with Crippen LogP contribution in [0.25, 0.3) is 0 Å². The lowest BCUT2D eigenvalue weighted by Gasteiger charge is -2.30. The second kappa shape index (κ2) is 6.31. The van der Waals surface area contributed by atoms with Gasteiger partial charge in [0.1, 0.15) is 6.10 Å². The number of hydrogen-bond donors (Lipinski definition) is 2. The lowest BCUT2D eigenvalue weighted by Crippen LogP contribution is -2.40. The average Bonchev–Trinajstić information content (AvgIpc) is 2.91. The smallest absolute Gasteiger partial charge is 0.404 e. The number of amides is 1. The molecule has 5 nitrogen and oxygen atoms in total. The molecular formula is C15H29NO4. The van der Waals surface area contributed by atoms with Gasteiger partial charge < -0.3 is 19.9 Å². The second-order valence-electron chi connectivity index (χ2n) is 7.45. The van der Waals surface area contributed by atoms with Gasteiger partial charge in [-0.2, -0.15) is 0 Å². The van der Waals surface area contributed by atoms with Gasteiger partial charge >= 0.3 is 6.09 Å². The molecule has 0 radical (unpaired) electrons. The molecule has 1 aliphatic carbocycles. The summed E-state index contributed by atoms with van der Waals surface area (Å²) in [5.74, 6) is 0. The molecule has 0 aromatic heterocycles. The molecule has 2 N–H and O–H groups in total. The summed E-state index contributed by atoms with van der Waals surface area (Å²) in [5.41, 5.74) is -0.0312. The molecule has 0 aromatic carbocycles. The van der Waals surface area contributed by atoms with E-state index < -0.39 is 6.09 Å². The van der Waals surface area contributed by atoms with Gasteiger partial charge in [-0.05, 0) is 60.8 Å². The summed E-state index contributed by atoms with van der Waals surface area (Å²) in [6.45, 7) is 12.4. The van der Waals surface area contributed by atoms with Crippen LogP contribution in [0.2, 0.25) is 0 Å². The van der Waals surface area contributed by atoms with Gasteiger partial charge in [0.25, 0.3) is 0 Å². The predicted octanol–water partition coefficient (Wildman–Crippen LogP) is 3.17. The van der Waals surface area contributed by atoms with Gasteiger partial charge in [0.15, 0.2) is 0 Å². The third-order valence-electron chi connectivity index (χ3n) is 2.94. The Kier molecular flexibility index (Phi) is 5.44. The maximum absolute atomic E-state index is 10.3. The first-order valence-corrected chi connectivity index (χ1v) is 7.33. The van der Waals surface area contributed by atoms with Crippen molar-refractivity contribution < 1.29 is 19.4 Å². The minimum atomic E-state index is -0.939. The Morgan fingerprint density at radius 2 is 1.70 bits per heavy atom. The summed E-state index contributed by atoms with van der Waals surface area (Å²) >= 11 is 0. The molecule has 0 bridgehead atoms. The Balaban J connectivity index is 0.000000206. The first-order chi connectivity index (χ1) is 8.98. The van der Waals surface area contributed by atoms with Crippen molar-refractivity contribution >= 4 is 6.09 Å². The number of fused-ring (bicyclic) bond motifs is 1. The van der Waals surface area contributed by atoms with Gasteiger partial charge in [0, 0.05) is 0 Å². The van der Waals surface area contributed by atoms with Crippen molar-refractivity contribution in [2.24, 2.45) is 0 Å². The van der Waals surface area contributed by atoms with Crippen LogP contribution >= 0.6 is 0 Å². The van der Waals surface area contributed by atoms with E-state index in [1.165, 1.54) is 0 Å². The maximum atomic E-state index is 10.3. The molecule has 20 heavy (non-hydrogen) atoms. The highest BCUT2D eigenvalue weighted by molar-refractivity contribution is 5.65. The van der Waals surface area contributed by atoms with E-state index in [1.807, 2.05) is 0 Å². The molecule has 3 unspecified atom stereocenters. The molecule has 2 aliphatic rings. The molecule has 1 heterocycles. The average molecular weight is 287 g/mol. The quantitative estimate of drug-likeness (QED) is 0.727. The van der Waals surface area contributed by atoms with Crippen molar-refractivity contribution in [3.63, 3.8) is 0 Å². The fourth-order valence-electron chi connectivity index (χ4n) is 2.68. The van der Waals surface area contributed by atoms with Crippen molar-refractivity contribution in [2.45, 2.75) is 90.3 Å². The molecule has 1 saturated carbocycles. The Labute approximate surface area is 122 Å². The Morgan fingerprint density at radius 1 is 1.15 bits per heavy atom. The van der Waals surface area contributed by atoms with Gasteiger partial charge in [-0.25, -0.2) is 4.79 Å². The van der Waals surface area contributed by atoms with Crippen LogP contribution < -0.4 is 5.32 Å². The van der Waals surface area contributed by atoms with Crippen molar-refractivity contribution in [2.75, 3.05) is 0 Å². The maximum Gasteiger partial charge on any atom is 0.404 e. The zero-order valence-electron chi connectivity index (χ0n) is 13.5. The lowest BCUT2D eigenvalue weighted by atomic mass is 9.96. The Morgan fingerprint density at radius 3 is 2.10 bits per heavy atom. The highest BCUT2D eigenvalue weighted by Gasteiger charge is 2.47. The molecule has 3 atom stereocenters. The van der Waals surface area contributed by atoms with E-state index in [9.17, 15) is 4.79 Å². The van der Waals surface area contributed by atoms with E-state index >= 15 is 0 Å². The number of nitrogens with one attached hydrogen (secondary N) is 1. The van der Waals surface area contributed by atoms with Gasteiger partial charge in [0.2, 0.25) is 0 Å². The van der Waals surface area contributed by atoms with E-state index in [0.29, 0.717) is 6.10 Å². The molecular weight excluding hydrogens is 258 g/mol. The minimum absolute atomic E-state index is 0.0156. The first-order valence-electron chi connectivity index (χ1n) is 7.33. The largest absolute Gasteiger partial charge is 0.465 e. The molecule has 0 spiro atoms. The highest BCUT2D eigenvalue weighted by atomic mass is 16.6. The van der Waals surface area contributed by atoms with E-state index in [-0.39, 0.29) is 23.3 Å². The van der Waals surface area contributed by atoms with Crippen LogP contribution in [0.15, 0.2) is 0 Å². The fraction of sp³-hybridized carbons (Fsp3) is 0.933. The molecule has 1 aliphatic heterocycles. The zero-order chi connectivity index (χ0) is 15.6. The van der Waals surface area contributed by atoms with Crippen molar-refractivity contribution in [3.8, 4) is 0 Å². The third kappa shape index (κ3) is 7.10.